The summed E-state index contributed by atoms with van der Waals surface area (Å²) in [6.45, 7) is 0.385. The van der Waals surface area contributed by atoms with Crippen LogP contribution in [0.2, 0.25) is 0 Å². The number of rotatable bonds is 10. The highest BCUT2D eigenvalue weighted by Crippen LogP contribution is 2.59. The van der Waals surface area contributed by atoms with Crippen LogP contribution in [0.15, 0.2) is 42.0 Å². The Hall–Kier alpha value is -3.54. The van der Waals surface area contributed by atoms with Gasteiger partial charge in [-0.3, -0.25) is 14.4 Å². The van der Waals surface area contributed by atoms with Crippen LogP contribution < -0.4 is 5.32 Å². The number of ether oxygens (including phenoxy) is 3. The second-order valence-electron chi connectivity index (χ2n) is 12.6. The largest absolute Gasteiger partial charge is 0.456 e. The molecule has 11 heteroatoms. The number of benzene rings is 1. The first-order valence-electron chi connectivity index (χ1n) is 15.7. The molecule has 0 aromatic heterocycles. The number of aliphatic hydroxyl groups excluding tert-OH is 1. The number of fused-ring (bicyclic) bond motifs is 1. The van der Waals surface area contributed by atoms with E-state index in [1.54, 1.807) is 49.3 Å². The SMILES string of the molecule is CN(C)C(=O)C=Cc1cccc(C(=O)OC2CC(C(=O)N3CCCC3C(=O)NCCO)=CC3OC(C4CC4)(C4CC4)OC32)c1. The molecule has 4 fully saturated rings. The van der Waals surface area contributed by atoms with E-state index in [4.69, 9.17) is 19.3 Å². The van der Waals surface area contributed by atoms with Gasteiger partial charge in [-0.25, -0.2) is 4.79 Å². The average Bonchev–Trinajstić information content (AvgIpc) is 3.97. The molecule has 4 unspecified atom stereocenters. The highest BCUT2D eigenvalue weighted by molar-refractivity contribution is 5.98. The van der Waals surface area contributed by atoms with E-state index in [1.165, 1.54) is 11.0 Å². The zero-order valence-corrected chi connectivity index (χ0v) is 25.3. The maximum Gasteiger partial charge on any atom is 0.338 e. The number of nitrogens with zero attached hydrogens (tertiary/aromatic N) is 2. The van der Waals surface area contributed by atoms with Gasteiger partial charge in [-0.15, -0.1) is 0 Å². The van der Waals surface area contributed by atoms with Gasteiger partial charge in [0.2, 0.25) is 17.7 Å². The fourth-order valence-corrected chi connectivity index (χ4v) is 6.61. The summed E-state index contributed by atoms with van der Waals surface area (Å²) < 4.78 is 19.5. The smallest absolute Gasteiger partial charge is 0.338 e. The molecule has 1 aromatic carbocycles. The molecule has 2 saturated heterocycles. The monoisotopic (exact) mass is 607 g/mol. The molecule has 4 atom stereocenters. The standard InChI is InChI=1S/C33H41N3O8/c1-35(2)28(38)13-8-20-5-3-6-21(17-20)32(41)42-26-18-22(31(40)36-15-4-7-25(36)30(39)34-14-16-37)19-27-29(26)44-33(43-27,23-9-10-23)24-11-12-24/h3,5-6,8,13,17,19,23-27,29,37H,4,7,9-12,14-16,18H2,1-2H3,(H,34,39). The van der Waals surface area contributed by atoms with Crippen LogP contribution in [-0.4, -0.2) is 103 Å². The van der Waals surface area contributed by atoms with E-state index in [9.17, 15) is 19.2 Å². The second kappa shape index (κ2) is 12.5. The van der Waals surface area contributed by atoms with Gasteiger partial charge in [0.15, 0.2) is 5.79 Å². The minimum absolute atomic E-state index is 0.125. The van der Waals surface area contributed by atoms with Crippen LogP contribution in [0.25, 0.3) is 6.08 Å². The number of hydrogen-bond donors (Lipinski definition) is 2. The minimum atomic E-state index is -0.769. The fraction of sp³-hybridized carbons (Fsp3) is 0.576. The van der Waals surface area contributed by atoms with Gasteiger partial charge < -0.3 is 34.4 Å². The molecule has 3 amide bonds. The molecule has 0 spiro atoms. The zero-order valence-electron chi connectivity index (χ0n) is 25.3. The minimum Gasteiger partial charge on any atom is -0.456 e. The number of likely N-dealkylation sites (tertiary alicyclic amines) is 1. The van der Waals surface area contributed by atoms with Crippen molar-refractivity contribution in [2.75, 3.05) is 33.8 Å². The van der Waals surface area contributed by atoms with E-state index >= 15 is 0 Å². The number of carbonyl (C=O) groups excluding carboxylic acids is 4. The molecule has 5 aliphatic rings. The molecule has 236 valence electrons. The lowest BCUT2D eigenvalue weighted by molar-refractivity contribution is -0.209. The number of carbonyl (C=O) groups is 4. The van der Waals surface area contributed by atoms with Crippen molar-refractivity contribution in [3.8, 4) is 0 Å². The second-order valence-corrected chi connectivity index (χ2v) is 12.6. The van der Waals surface area contributed by atoms with Gasteiger partial charge >= 0.3 is 5.97 Å². The Bertz CT molecular complexity index is 1350. The van der Waals surface area contributed by atoms with Crippen molar-refractivity contribution in [2.24, 2.45) is 11.8 Å². The molecule has 6 rings (SSSR count). The van der Waals surface area contributed by atoms with Crippen molar-refractivity contribution >= 4 is 29.8 Å². The van der Waals surface area contributed by atoms with E-state index in [1.807, 2.05) is 6.08 Å². The Morgan fingerprint density at radius 1 is 1.11 bits per heavy atom. The molecule has 3 aliphatic carbocycles. The molecule has 44 heavy (non-hydrogen) atoms. The summed E-state index contributed by atoms with van der Waals surface area (Å²) >= 11 is 0. The molecule has 2 saturated carbocycles. The number of likely N-dealkylation sites (N-methyl/N-ethyl adjacent to an activating group) is 1. The van der Waals surface area contributed by atoms with Crippen LogP contribution in [-0.2, 0) is 28.6 Å². The molecule has 11 nitrogen and oxygen atoms in total. The van der Waals surface area contributed by atoms with E-state index < -0.39 is 36.1 Å². The zero-order chi connectivity index (χ0) is 31.0. The number of aliphatic hydroxyl groups is 1. The third-order valence-corrected chi connectivity index (χ3v) is 9.15. The summed E-state index contributed by atoms with van der Waals surface area (Å²) in [5, 5.41) is 11.8. The Balaban J connectivity index is 1.23. The van der Waals surface area contributed by atoms with Gasteiger partial charge in [-0.2, -0.15) is 0 Å². The van der Waals surface area contributed by atoms with Gasteiger partial charge in [-0.05, 0) is 68.4 Å². The summed E-state index contributed by atoms with van der Waals surface area (Å²) in [6, 6.07) is 6.21. The van der Waals surface area contributed by atoms with E-state index in [0.717, 1.165) is 25.7 Å². The number of hydrogen-bond acceptors (Lipinski definition) is 8. The summed E-state index contributed by atoms with van der Waals surface area (Å²) in [5.41, 5.74) is 1.43. The summed E-state index contributed by atoms with van der Waals surface area (Å²) in [6.07, 6.45) is 8.46. The Kier molecular flexibility index (Phi) is 8.63. The van der Waals surface area contributed by atoms with Crippen LogP contribution in [0.4, 0.5) is 0 Å². The Morgan fingerprint density at radius 3 is 2.55 bits per heavy atom. The highest BCUT2D eigenvalue weighted by Gasteiger charge is 2.64. The summed E-state index contributed by atoms with van der Waals surface area (Å²) in [4.78, 5) is 55.2. The average molecular weight is 608 g/mol. The first kappa shape index (κ1) is 30.5. The van der Waals surface area contributed by atoms with Crippen LogP contribution in [0.1, 0.15) is 60.9 Å². The molecular weight excluding hydrogens is 566 g/mol. The predicted octanol–water partition coefficient (Wildman–Crippen LogP) is 2.04. The normalized spacial score (nSPS) is 27.5. The van der Waals surface area contributed by atoms with Crippen LogP contribution in [0, 0.1) is 11.8 Å². The molecule has 1 aromatic rings. The number of esters is 1. The molecule has 2 aliphatic heterocycles. The number of nitrogens with one attached hydrogen (secondary N) is 1. The highest BCUT2D eigenvalue weighted by atomic mass is 16.8. The van der Waals surface area contributed by atoms with Crippen molar-refractivity contribution in [3.05, 3.63) is 53.1 Å². The summed E-state index contributed by atoms with van der Waals surface area (Å²) in [7, 11) is 3.33. The molecular formula is C33H41N3O8. The van der Waals surface area contributed by atoms with Crippen molar-refractivity contribution in [1.29, 1.82) is 0 Å². The number of amides is 3. The topological polar surface area (TPSA) is 135 Å². The van der Waals surface area contributed by atoms with Crippen molar-refractivity contribution in [3.63, 3.8) is 0 Å². The molecule has 0 radical (unpaired) electrons. The Morgan fingerprint density at radius 2 is 1.86 bits per heavy atom. The lowest BCUT2D eigenvalue weighted by Gasteiger charge is -2.33. The fourth-order valence-electron chi connectivity index (χ4n) is 6.61. The third kappa shape index (κ3) is 6.18. The van der Waals surface area contributed by atoms with E-state index in [0.29, 0.717) is 36.1 Å². The van der Waals surface area contributed by atoms with Crippen molar-refractivity contribution in [2.45, 2.75) is 75.1 Å². The van der Waals surface area contributed by atoms with Gasteiger partial charge in [0, 0.05) is 57.1 Å². The maximum absolute atomic E-state index is 13.9. The van der Waals surface area contributed by atoms with Crippen molar-refractivity contribution in [1.82, 2.24) is 15.1 Å². The van der Waals surface area contributed by atoms with Gasteiger partial charge in [0.05, 0.1) is 12.2 Å². The van der Waals surface area contributed by atoms with E-state index in [-0.39, 0.29) is 49.1 Å². The molecule has 0 bridgehead atoms. The quantitative estimate of drug-likeness (QED) is 0.305. The van der Waals surface area contributed by atoms with Gasteiger partial charge in [-0.1, -0.05) is 12.1 Å². The summed E-state index contributed by atoms with van der Waals surface area (Å²) in [5.74, 6) is -1.44. The van der Waals surface area contributed by atoms with E-state index in [2.05, 4.69) is 5.32 Å². The first-order chi connectivity index (χ1) is 21.2. The van der Waals surface area contributed by atoms with Crippen molar-refractivity contribution < 1.29 is 38.5 Å². The maximum atomic E-state index is 13.9. The lowest BCUT2D eigenvalue weighted by atomic mass is 9.91. The van der Waals surface area contributed by atoms with Gasteiger partial charge in [0.1, 0.15) is 24.4 Å². The lowest BCUT2D eigenvalue weighted by Crippen LogP contribution is -2.49. The predicted molar refractivity (Wildman–Crippen MR) is 159 cm³/mol. The molecule has 2 heterocycles. The van der Waals surface area contributed by atoms with Crippen LogP contribution >= 0.6 is 0 Å². The molecule has 2 N–H and O–H groups in total. The van der Waals surface area contributed by atoms with Gasteiger partial charge in [0.25, 0.3) is 0 Å². The third-order valence-electron chi connectivity index (χ3n) is 9.15. The first-order valence-corrected chi connectivity index (χ1v) is 15.7. The van der Waals surface area contributed by atoms with Crippen LogP contribution in [0.5, 0.6) is 0 Å². The Labute approximate surface area is 257 Å². The van der Waals surface area contributed by atoms with Crippen LogP contribution in [0.3, 0.4) is 0 Å².